The van der Waals surface area contributed by atoms with Gasteiger partial charge in [0.25, 0.3) is 0 Å². The zero-order valence-electron chi connectivity index (χ0n) is 13.4. The van der Waals surface area contributed by atoms with Crippen LogP contribution in [0.15, 0.2) is 88.7 Å². The molecule has 0 aliphatic carbocycles. The van der Waals surface area contributed by atoms with E-state index in [2.05, 4.69) is 31.2 Å². The first-order valence-electron chi connectivity index (χ1n) is 7.76. The van der Waals surface area contributed by atoms with E-state index < -0.39 is 0 Å². The summed E-state index contributed by atoms with van der Waals surface area (Å²) >= 11 is 1.67. The van der Waals surface area contributed by atoms with E-state index in [1.165, 1.54) is 10.5 Å². The van der Waals surface area contributed by atoms with Gasteiger partial charge in [-0.15, -0.1) is 0 Å². The van der Waals surface area contributed by atoms with Gasteiger partial charge in [-0.3, -0.25) is 0 Å². The molecule has 0 fully saturated rings. The van der Waals surface area contributed by atoms with Gasteiger partial charge < -0.3 is 4.74 Å². The van der Waals surface area contributed by atoms with E-state index in [0.29, 0.717) is 12.2 Å². The number of hydrogen-bond acceptors (Lipinski definition) is 3. The Kier molecular flexibility index (Phi) is 5.34. The minimum absolute atomic E-state index is 0.291. The van der Waals surface area contributed by atoms with Gasteiger partial charge in [0, 0.05) is 9.79 Å². The number of hydrogen-bond donors (Lipinski definition) is 0. The van der Waals surface area contributed by atoms with Gasteiger partial charge >= 0.3 is 5.97 Å². The monoisotopic (exact) mass is 334 g/mol. The molecule has 0 amide bonds. The number of rotatable bonds is 5. The fraction of sp³-hybridized carbons (Fsp3) is 0.0952. The van der Waals surface area contributed by atoms with Crippen molar-refractivity contribution in [1.82, 2.24) is 0 Å². The quantitative estimate of drug-likeness (QED) is 0.576. The van der Waals surface area contributed by atoms with E-state index in [-0.39, 0.29) is 5.97 Å². The molecule has 0 aliphatic rings. The molecule has 3 heteroatoms. The molecule has 120 valence electrons. The van der Waals surface area contributed by atoms with Crippen LogP contribution in [0.3, 0.4) is 0 Å². The molecule has 3 aromatic carbocycles. The second-order valence-electron chi connectivity index (χ2n) is 5.50. The molecule has 2 nitrogen and oxygen atoms in total. The molecule has 0 spiro atoms. The van der Waals surface area contributed by atoms with Crippen LogP contribution < -0.4 is 0 Å². The van der Waals surface area contributed by atoms with Crippen LogP contribution in [0.5, 0.6) is 0 Å². The number of ether oxygens (including phenoxy) is 1. The lowest BCUT2D eigenvalue weighted by Gasteiger charge is -2.06. The molecule has 3 rings (SSSR count). The van der Waals surface area contributed by atoms with Crippen LogP contribution in [-0.4, -0.2) is 5.97 Å². The van der Waals surface area contributed by atoms with E-state index in [1.807, 2.05) is 54.6 Å². The molecule has 24 heavy (non-hydrogen) atoms. The summed E-state index contributed by atoms with van der Waals surface area (Å²) in [5.74, 6) is -0.300. The second kappa shape index (κ2) is 7.84. The van der Waals surface area contributed by atoms with Crippen LogP contribution in [0.25, 0.3) is 0 Å². The molecule has 3 aromatic rings. The second-order valence-corrected chi connectivity index (χ2v) is 6.65. The van der Waals surface area contributed by atoms with Crippen LogP contribution in [0.4, 0.5) is 0 Å². The van der Waals surface area contributed by atoms with Crippen molar-refractivity contribution < 1.29 is 9.53 Å². The highest BCUT2D eigenvalue weighted by atomic mass is 32.2. The Morgan fingerprint density at radius 1 is 0.833 bits per heavy atom. The van der Waals surface area contributed by atoms with Gasteiger partial charge in [-0.2, -0.15) is 0 Å². The third-order valence-electron chi connectivity index (χ3n) is 3.56. The Morgan fingerprint density at radius 3 is 2.04 bits per heavy atom. The van der Waals surface area contributed by atoms with Crippen molar-refractivity contribution in [2.45, 2.75) is 23.3 Å². The normalized spacial score (nSPS) is 10.4. The molecular weight excluding hydrogens is 316 g/mol. The Balaban J connectivity index is 1.59. The average molecular weight is 334 g/mol. The zero-order valence-corrected chi connectivity index (χ0v) is 14.3. The predicted molar refractivity (Wildman–Crippen MR) is 97.3 cm³/mol. The Labute approximate surface area is 146 Å². The lowest BCUT2D eigenvalue weighted by molar-refractivity contribution is 0.0472. The topological polar surface area (TPSA) is 26.3 Å². The van der Waals surface area contributed by atoms with Gasteiger partial charge in [0.15, 0.2) is 0 Å². The molecule has 0 aliphatic heterocycles. The smallest absolute Gasteiger partial charge is 0.338 e. The molecule has 0 radical (unpaired) electrons. The molecule has 0 bridgehead atoms. The van der Waals surface area contributed by atoms with E-state index in [9.17, 15) is 4.79 Å². The summed E-state index contributed by atoms with van der Waals surface area (Å²) in [7, 11) is 0. The van der Waals surface area contributed by atoms with E-state index in [0.717, 1.165) is 10.5 Å². The number of carbonyl (C=O) groups is 1. The van der Waals surface area contributed by atoms with E-state index in [1.54, 1.807) is 11.8 Å². The predicted octanol–water partition coefficient (Wildman–Crippen LogP) is 5.50. The molecule has 0 saturated carbocycles. The van der Waals surface area contributed by atoms with Crippen LogP contribution >= 0.6 is 11.8 Å². The largest absolute Gasteiger partial charge is 0.457 e. The van der Waals surface area contributed by atoms with Crippen LogP contribution in [-0.2, 0) is 11.3 Å². The highest BCUT2D eigenvalue weighted by Gasteiger charge is 2.07. The number of carbonyl (C=O) groups excluding carboxylic acids is 1. The Hall–Kier alpha value is -2.52. The van der Waals surface area contributed by atoms with Gasteiger partial charge in [-0.05, 0) is 48.9 Å². The summed E-state index contributed by atoms with van der Waals surface area (Å²) in [5.41, 5.74) is 2.80. The molecule has 0 unspecified atom stereocenters. The van der Waals surface area contributed by atoms with E-state index >= 15 is 0 Å². The van der Waals surface area contributed by atoms with Gasteiger partial charge in [0.05, 0.1) is 5.56 Å². The van der Waals surface area contributed by atoms with Gasteiger partial charge in [-0.1, -0.05) is 59.8 Å². The molecule has 0 aromatic heterocycles. The lowest BCUT2D eigenvalue weighted by atomic mass is 10.2. The fourth-order valence-corrected chi connectivity index (χ4v) is 3.02. The first-order chi connectivity index (χ1) is 11.7. The SMILES string of the molecule is Cc1ccc(Sc2ccc(C(=O)OCc3ccccc3)cc2)cc1. The first-order valence-corrected chi connectivity index (χ1v) is 8.58. The number of benzene rings is 3. The van der Waals surface area contributed by atoms with Crippen LogP contribution in [0, 0.1) is 6.92 Å². The van der Waals surface area contributed by atoms with Crippen molar-refractivity contribution in [1.29, 1.82) is 0 Å². The van der Waals surface area contributed by atoms with Crippen molar-refractivity contribution in [3.05, 3.63) is 95.6 Å². The van der Waals surface area contributed by atoms with Crippen LogP contribution in [0.2, 0.25) is 0 Å². The standard InChI is InChI=1S/C21H18O2S/c1-16-7-11-19(12-8-16)24-20-13-9-18(10-14-20)21(22)23-15-17-5-3-2-4-6-17/h2-14H,15H2,1H3. The summed E-state index contributed by atoms with van der Waals surface area (Å²) in [6.07, 6.45) is 0. The van der Waals surface area contributed by atoms with Crippen molar-refractivity contribution in [3.63, 3.8) is 0 Å². The van der Waals surface area contributed by atoms with Gasteiger partial charge in [-0.25, -0.2) is 4.79 Å². The highest BCUT2D eigenvalue weighted by Crippen LogP contribution is 2.28. The molecule has 0 heterocycles. The molecular formula is C21H18O2S. The number of esters is 1. The number of aryl methyl sites for hydroxylation is 1. The summed E-state index contributed by atoms with van der Waals surface area (Å²) in [5, 5.41) is 0. The minimum Gasteiger partial charge on any atom is -0.457 e. The maximum absolute atomic E-state index is 12.1. The summed E-state index contributed by atoms with van der Waals surface area (Å²) < 4.78 is 5.34. The Bertz CT molecular complexity index is 794. The van der Waals surface area contributed by atoms with Crippen molar-refractivity contribution in [3.8, 4) is 0 Å². The van der Waals surface area contributed by atoms with Gasteiger partial charge in [0.2, 0.25) is 0 Å². The van der Waals surface area contributed by atoms with E-state index in [4.69, 9.17) is 4.74 Å². The van der Waals surface area contributed by atoms with Gasteiger partial charge in [0.1, 0.15) is 6.61 Å². The van der Waals surface area contributed by atoms with Crippen molar-refractivity contribution >= 4 is 17.7 Å². The fourth-order valence-electron chi connectivity index (χ4n) is 2.21. The Morgan fingerprint density at radius 2 is 1.42 bits per heavy atom. The zero-order chi connectivity index (χ0) is 16.8. The maximum atomic E-state index is 12.1. The third kappa shape index (κ3) is 4.49. The average Bonchev–Trinajstić information content (AvgIpc) is 2.63. The summed E-state index contributed by atoms with van der Waals surface area (Å²) in [6.45, 7) is 2.36. The summed E-state index contributed by atoms with van der Waals surface area (Å²) in [6, 6.07) is 25.6. The summed E-state index contributed by atoms with van der Waals surface area (Å²) in [4.78, 5) is 14.4. The third-order valence-corrected chi connectivity index (χ3v) is 4.58. The minimum atomic E-state index is -0.300. The highest BCUT2D eigenvalue weighted by molar-refractivity contribution is 7.99. The lowest BCUT2D eigenvalue weighted by Crippen LogP contribution is -2.04. The van der Waals surface area contributed by atoms with Crippen LogP contribution in [0.1, 0.15) is 21.5 Å². The molecule has 0 N–H and O–H groups in total. The van der Waals surface area contributed by atoms with Crippen molar-refractivity contribution in [2.75, 3.05) is 0 Å². The first kappa shape index (κ1) is 16.3. The van der Waals surface area contributed by atoms with Crippen molar-refractivity contribution in [2.24, 2.45) is 0 Å². The molecule has 0 saturated heterocycles. The molecule has 0 atom stereocenters. The maximum Gasteiger partial charge on any atom is 0.338 e.